The molecular weight excluding hydrogens is 302 g/mol. The first kappa shape index (κ1) is 12.4. The van der Waals surface area contributed by atoms with Gasteiger partial charge in [0.25, 0.3) is 0 Å². The molecule has 1 atom stereocenters. The van der Waals surface area contributed by atoms with Crippen molar-refractivity contribution in [2.45, 2.75) is 19.3 Å². The van der Waals surface area contributed by atoms with Crippen LogP contribution in [-0.4, -0.2) is 5.91 Å². The van der Waals surface area contributed by atoms with Crippen LogP contribution < -0.4 is 5.32 Å². The van der Waals surface area contributed by atoms with Crippen molar-refractivity contribution in [2.24, 2.45) is 0 Å². The Kier molecular flexibility index (Phi) is 3.15. The van der Waals surface area contributed by atoms with Crippen LogP contribution in [0.4, 0.5) is 5.69 Å². The number of halogens is 1. The summed E-state index contributed by atoms with van der Waals surface area (Å²) in [7, 11) is 0. The second kappa shape index (κ2) is 4.82. The van der Waals surface area contributed by atoms with Gasteiger partial charge >= 0.3 is 0 Å². The van der Waals surface area contributed by atoms with Gasteiger partial charge in [0.05, 0.1) is 11.6 Å². The van der Waals surface area contributed by atoms with Crippen molar-refractivity contribution in [3.63, 3.8) is 0 Å². The lowest BCUT2D eigenvalue weighted by Gasteiger charge is -2.29. The summed E-state index contributed by atoms with van der Waals surface area (Å²) in [5, 5.41) is 2.99. The van der Waals surface area contributed by atoms with Crippen LogP contribution in [0, 0.1) is 6.92 Å². The van der Waals surface area contributed by atoms with E-state index in [1.165, 1.54) is 11.1 Å². The normalized spacial score (nSPS) is 16.4. The van der Waals surface area contributed by atoms with Crippen molar-refractivity contribution < 1.29 is 4.79 Å². The van der Waals surface area contributed by atoms with Crippen LogP contribution in [-0.2, 0) is 11.2 Å². The van der Waals surface area contributed by atoms with Gasteiger partial charge in [-0.15, -0.1) is 0 Å². The number of carbonyl (C=O) groups is 1. The molecule has 96 valence electrons. The molecule has 1 amide bonds. The molecule has 0 fully saturated rings. The molecule has 0 bridgehead atoms. The molecule has 0 radical (unpaired) electrons. The van der Waals surface area contributed by atoms with Crippen molar-refractivity contribution in [2.75, 3.05) is 5.32 Å². The number of hydrogen-bond donors (Lipinski definition) is 1. The topological polar surface area (TPSA) is 29.1 Å². The van der Waals surface area contributed by atoms with Crippen molar-refractivity contribution in [3.8, 4) is 0 Å². The Labute approximate surface area is 121 Å². The molecule has 0 saturated carbocycles. The number of nitrogens with one attached hydrogen (secondary N) is 1. The highest BCUT2D eigenvalue weighted by molar-refractivity contribution is 9.10. The molecule has 1 aliphatic carbocycles. The smallest absolute Gasteiger partial charge is 0.232 e. The first-order valence-electron chi connectivity index (χ1n) is 6.30. The fourth-order valence-electron chi connectivity index (χ4n) is 2.43. The highest BCUT2D eigenvalue weighted by Crippen LogP contribution is 2.36. The minimum absolute atomic E-state index is 0.00981. The lowest BCUT2D eigenvalue weighted by atomic mass is 9.77. The molecule has 1 aliphatic rings. The van der Waals surface area contributed by atoms with Gasteiger partial charge < -0.3 is 5.32 Å². The maximum atomic E-state index is 12.3. The number of amides is 1. The van der Waals surface area contributed by atoms with E-state index in [9.17, 15) is 4.79 Å². The fraction of sp³-hybridized carbons (Fsp3) is 0.188. The predicted octanol–water partition coefficient (Wildman–Crippen LogP) is 4.04. The van der Waals surface area contributed by atoms with Crippen molar-refractivity contribution in [1.29, 1.82) is 0 Å². The van der Waals surface area contributed by atoms with E-state index in [-0.39, 0.29) is 11.8 Å². The zero-order chi connectivity index (χ0) is 13.4. The zero-order valence-corrected chi connectivity index (χ0v) is 12.2. The Bertz CT molecular complexity index is 651. The summed E-state index contributed by atoms with van der Waals surface area (Å²) >= 11 is 3.48. The largest absolute Gasteiger partial charge is 0.325 e. The van der Waals surface area contributed by atoms with E-state index in [4.69, 9.17) is 0 Å². The molecule has 2 aromatic rings. The molecule has 0 aliphatic heterocycles. The first-order valence-corrected chi connectivity index (χ1v) is 7.09. The third-order valence-electron chi connectivity index (χ3n) is 3.55. The van der Waals surface area contributed by atoms with Gasteiger partial charge in [-0.2, -0.15) is 0 Å². The molecule has 0 heterocycles. The Morgan fingerprint density at radius 2 is 2.05 bits per heavy atom. The van der Waals surface area contributed by atoms with E-state index in [1.54, 1.807) is 0 Å². The molecule has 2 aromatic carbocycles. The minimum Gasteiger partial charge on any atom is -0.325 e. The summed E-state index contributed by atoms with van der Waals surface area (Å²) in [6.07, 6.45) is 0.839. The summed E-state index contributed by atoms with van der Waals surface area (Å²) in [6, 6.07) is 14.1. The molecule has 3 rings (SSSR count). The van der Waals surface area contributed by atoms with Gasteiger partial charge in [0.15, 0.2) is 0 Å². The highest BCUT2D eigenvalue weighted by Gasteiger charge is 2.31. The van der Waals surface area contributed by atoms with E-state index in [2.05, 4.69) is 27.3 Å². The Morgan fingerprint density at radius 3 is 2.79 bits per heavy atom. The van der Waals surface area contributed by atoms with Gasteiger partial charge in [-0.3, -0.25) is 4.79 Å². The molecule has 19 heavy (non-hydrogen) atoms. The predicted molar refractivity (Wildman–Crippen MR) is 80.4 cm³/mol. The van der Waals surface area contributed by atoms with Crippen molar-refractivity contribution >= 4 is 27.5 Å². The van der Waals surface area contributed by atoms with Crippen molar-refractivity contribution in [3.05, 3.63) is 63.6 Å². The Morgan fingerprint density at radius 1 is 1.26 bits per heavy atom. The van der Waals surface area contributed by atoms with E-state index in [1.807, 2.05) is 43.3 Å². The number of aryl methyl sites for hydroxylation is 1. The number of rotatable bonds is 2. The van der Waals surface area contributed by atoms with Crippen LogP contribution in [0.2, 0.25) is 0 Å². The average molecular weight is 316 g/mol. The van der Waals surface area contributed by atoms with Gasteiger partial charge in [0.2, 0.25) is 5.91 Å². The van der Waals surface area contributed by atoms with Crippen LogP contribution in [0.5, 0.6) is 0 Å². The molecule has 0 spiro atoms. The van der Waals surface area contributed by atoms with Crippen LogP contribution in [0.1, 0.15) is 22.6 Å². The van der Waals surface area contributed by atoms with E-state index >= 15 is 0 Å². The van der Waals surface area contributed by atoms with E-state index in [0.717, 1.165) is 22.1 Å². The second-order valence-electron chi connectivity index (χ2n) is 4.93. The summed E-state index contributed by atoms with van der Waals surface area (Å²) in [5.41, 5.74) is 4.44. The molecule has 0 aromatic heterocycles. The number of fused-ring (bicyclic) bond motifs is 1. The number of carbonyl (C=O) groups excluding carboxylic acids is 1. The van der Waals surface area contributed by atoms with Crippen LogP contribution in [0.15, 0.2) is 46.9 Å². The van der Waals surface area contributed by atoms with Crippen molar-refractivity contribution in [1.82, 2.24) is 0 Å². The van der Waals surface area contributed by atoms with E-state index < -0.39 is 0 Å². The molecule has 0 saturated heterocycles. The van der Waals surface area contributed by atoms with Crippen LogP contribution in [0.3, 0.4) is 0 Å². The maximum Gasteiger partial charge on any atom is 0.232 e. The maximum absolute atomic E-state index is 12.3. The molecule has 1 unspecified atom stereocenters. The summed E-state index contributed by atoms with van der Waals surface area (Å²) in [5.74, 6) is 0.0626. The van der Waals surface area contributed by atoms with Gasteiger partial charge in [-0.25, -0.2) is 0 Å². The molecule has 3 heteroatoms. The minimum atomic E-state index is -0.00981. The molecule has 2 nitrogen and oxygen atoms in total. The van der Waals surface area contributed by atoms with Gasteiger partial charge in [0.1, 0.15) is 0 Å². The fourth-order valence-corrected chi connectivity index (χ4v) is 3.03. The van der Waals surface area contributed by atoms with Gasteiger partial charge in [-0.1, -0.05) is 30.3 Å². The molecular formula is C16H14BrNO. The van der Waals surface area contributed by atoms with Gasteiger partial charge in [0, 0.05) is 4.47 Å². The van der Waals surface area contributed by atoms with Crippen LogP contribution in [0.25, 0.3) is 0 Å². The number of anilines is 1. The lowest BCUT2D eigenvalue weighted by Crippen LogP contribution is -2.30. The summed E-state index contributed by atoms with van der Waals surface area (Å²) in [4.78, 5) is 12.3. The number of benzene rings is 2. The van der Waals surface area contributed by atoms with Gasteiger partial charge in [-0.05, 0) is 58.1 Å². The molecule has 1 N–H and O–H groups in total. The standard InChI is InChI=1S/C16H14BrNO/c1-10-6-7-15(14(17)8-10)18-16(19)13-9-11-4-2-3-5-12(11)13/h2-8,13H,9H2,1H3,(H,18,19). The number of hydrogen-bond acceptors (Lipinski definition) is 1. The lowest BCUT2D eigenvalue weighted by molar-refractivity contribution is -0.118. The summed E-state index contributed by atoms with van der Waals surface area (Å²) in [6.45, 7) is 2.03. The average Bonchev–Trinajstić information content (AvgIpc) is 2.34. The summed E-state index contributed by atoms with van der Waals surface area (Å²) < 4.78 is 0.924. The first-order chi connectivity index (χ1) is 9.15. The third-order valence-corrected chi connectivity index (χ3v) is 4.21. The SMILES string of the molecule is Cc1ccc(NC(=O)C2Cc3ccccc32)c(Br)c1. The quantitative estimate of drug-likeness (QED) is 0.890. The van der Waals surface area contributed by atoms with Crippen LogP contribution >= 0.6 is 15.9 Å². The van der Waals surface area contributed by atoms with E-state index in [0.29, 0.717) is 0 Å². The third kappa shape index (κ3) is 2.30. The Balaban J connectivity index is 1.77. The highest BCUT2D eigenvalue weighted by atomic mass is 79.9. The monoisotopic (exact) mass is 315 g/mol. The zero-order valence-electron chi connectivity index (χ0n) is 10.6. The Hall–Kier alpha value is -1.61. The second-order valence-corrected chi connectivity index (χ2v) is 5.78.